The number of amides is 1. The van der Waals surface area contributed by atoms with Crippen LogP contribution in [0.3, 0.4) is 0 Å². The Bertz CT molecular complexity index is 1130. The number of benzene rings is 1. The molecule has 3 saturated heterocycles. The van der Waals surface area contributed by atoms with Crippen LogP contribution < -0.4 is 5.32 Å². The molecule has 8 heteroatoms. The number of nitrogens with one attached hydrogen (secondary N) is 1. The van der Waals surface area contributed by atoms with E-state index in [4.69, 9.17) is 9.47 Å². The quantitative estimate of drug-likeness (QED) is 0.693. The zero-order chi connectivity index (χ0) is 24.2. The number of piperidine rings is 1. The summed E-state index contributed by atoms with van der Waals surface area (Å²) in [5.74, 6) is 0.491. The molecule has 4 fully saturated rings. The molecule has 1 aromatic carbocycles. The number of nitrogens with zero attached hydrogens (tertiary/aromatic N) is 2. The Morgan fingerprint density at radius 3 is 2.66 bits per heavy atom. The molecule has 35 heavy (non-hydrogen) atoms. The fourth-order valence-electron chi connectivity index (χ4n) is 6.48. The van der Waals surface area contributed by atoms with Gasteiger partial charge in [-0.2, -0.15) is 0 Å². The van der Waals surface area contributed by atoms with E-state index in [1.54, 1.807) is 12.3 Å². The Balaban J connectivity index is 1.15. The zero-order valence-electron chi connectivity index (χ0n) is 20.3. The first-order valence-electron chi connectivity index (χ1n) is 12.9. The van der Waals surface area contributed by atoms with E-state index in [1.807, 2.05) is 12.1 Å². The number of halogens is 1. The van der Waals surface area contributed by atoms with Crippen LogP contribution in [0.4, 0.5) is 10.2 Å². The highest BCUT2D eigenvalue weighted by atomic mass is 19.1. The van der Waals surface area contributed by atoms with Crippen molar-refractivity contribution >= 4 is 22.5 Å². The number of likely N-dealkylation sites (tertiary alicyclic amines) is 1. The molecular formula is C27H34FN3O4. The van der Waals surface area contributed by atoms with Crippen LogP contribution in [0.2, 0.25) is 0 Å². The molecule has 3 aliphatic heterocycles. The van der Waals surface area contributed by atoms with Crippen molar-refractivity contribution in [3.8, 4) is 0 Å². The van der Waals surface area contributed by atoms with E-state index in [0.29, 0.717) is 19.0 Å². The largest absolute Gasteiger partial charge is 0.389 e. The summed E-state index contributed by atoms with van der Waals surface area (Å²) in [6, 6.07) is 5.34. The molecule has 0 radical (unpaired) electrons. The van der Waals surface area contributed by atoms with Crippen molar-refractivity contribution in [3.63, 3.8) is 0 Å². The SMILES string of the molecule is C[C@]1(N2CCC(c3cc4cc(NC(=O)[C@H]5CC56CCOCC6)ncc4cc3F)CC2)COC[C@H]1O. The zero-order valence-corrected chi connectivity index (χ0v) is 20.3. The highest BCUT2D eigenvalue weighted by molar-refractivity contribution is 5.96. The number of pyridine rings is 1. The first-order valence-corrected chi connectivity index (χ1v) is 12.9. The van der Waals surface area contributed by atoms with Gasteiger partial charge in [0.1, 0.15) is 11.6 Å². The monoisotopic (exact) mass is 483 g/mol. The number of rotatable bonds is 4. The number of anilines is 1. The molecular weight excluding hydrogens is 449 g/mol. The van der Waals surface area contributed by atoms with Gasteiger partial charge >= 0.3 is 0 Å². The minimum absolute atomic E-state index is 0.0278. The maximum absolute atomic E-state index is 15.1. The third-order valence-corrected chi connectivity index (χ3v) is 9.13. The number of ether oxygens (including phenoxy) is 2. The van der Waals surface area contributed by atoms with Gasteiger partial charge in [-0.25, -0.2) is 9.37 Å². The van der Waals surface area contributed by atoms with Crippen LogP contribution >= 0.6 is 0 Å². The van der Waals surface area contributed by atoms with Crippen LogP contribution in [0.15, 0.2) is 24.4 Å². The van der Waals surface area contributed by atoms with Gasteiger partial charge in [0.25, 0.3) is 0 Å². The van der Waals surface area contributed by atoms with Crippen molar-refractivity contribution < 1.29 is 23.8 Å². The van der Waals surface area contributed by atoms with E-state index < -0.39 is 6.10 Å². The van der Waals surface area contributed by atoms with Crippen molar-refractivity contribution in [2.75, 3.05) is 44.8 Å². The number of aromatic nitrogens is 1. The second-order valence-corrected chi connectivity index (χ2v) is 11.2. The van der Waals surface area contributed by atoms with Crippen molar-refractivity contribution in [1.82, 2.24) is 9.88 Å². The summed E-state index contributed by atoms with van der Waals surface area (Å²) in [7, 11) is 0. The molecule has 0 unspecified atom stereocenters. The summed E-state index contributed by atoms with van der Waals surface area (Å²) >= 11 is 0. The second kappa shape index (κ2) is 8.76. The molecule has 188 valence electrons. The number of fused-ring (bicyclic) bond motifs is 1. The van der Waals surface area contributed by atoms with Gasteiger partial charge in [0.2, 0.25) is 5.91 Å². The smallest absolute Gasteiger partial charge is 0.229 e. The Morgan fingerprint density at radius 2 is 1.94 bits per heavy atom. The third kappa shape index (κ3) is 4.14. The van der Waals surface area contributed by atoms with Crippen LogP contribution in [0.5, 0.6) is 0 Å². The van der Waals surface area contributed by atoms with Gasteiger partial charge in [0, 0.05) is 30.7 Å². The number of hydrogen-bond donors (Lipinski definition) is 2. The standard InChI is InChI=1S/C27H34FN3O4/c1-26(16-35-15-23(26)32)31-6-2-17(3-7-31)20-10-18-12-24(29-14-19(18)11-22(20)28)30-25(33)21-13-27(21)4-8-34-9-5-27/h10-12,14,17,21,23,32H,2-9,13,15-16H2,1H3,(H,29,30,33)/t21-,23-,26+/m1/s1. The molecule has 3 atom stereocenters. The molecule has 0 bridgehead atoms. The van der Waals surface area contributed by atoms with Crippen LogP contribution in [-0.2, 0) is 14.3 Å². The van der Waals surface area contributed by atoms with Crippen LogP contribution in [-0.4, -0.2) is 72.1 Å². The van der Waals surface area contributed by atoms with Gasteiger partial charge in [-0.15, -0.1) is 0 Å². The lowest BCUT2D eigenvalue weighted by molar-refractivity contribution is -0.118. The van der Waals surface area contributed by atoms with Crippen molar-refractivity contribution in [3.05, 3.63) is 35.8 Å². The molecule has 4 heterocycles. The summed E-state index contributed by atoms with van der Waals surface area (Å²) in [5.41, 5.74) is 0.468. The number of carbonyl (C=O) groups excluding carboxylic acids is 1. The molecule has 1 saturated carbocycles. The summed E-state index contributed by atoms with van der Waals surface area (Å²) in [5, 5.41) is 15.0. The fourth-order valence-corrected chi connectivity index (χ4v) is 6.48. The van der Waals surface area contributed by atoms with Crippen LogP contribution in [0, 0.1) is 17.2 Å². The van der Waals surface area contributed by atoms with Gasteiger partial charge in [-0.1, -0.05) is 0 Å². The van der Waals surface area contributed by atoms with Crippen molar-refractivity contribution in [2.45, 2.75) is 56.6 Å². The summed E-state index contributed by atoms with van der Waals surface area (Å²) in [4.78, 5) is 19.5. The van der Waals surface area contributed by atoms with E-state index in [2.05, 4.69) is 22.1 Å². The summed E-state index contributed by atoms with van der Waals surface area (Å²) in [6.45, 7) is 6.02. The number of carbonyl (C=O) groups is 1. The molecule has 2 N–H and O–H groups in total. The van der Waals surface area contributed by atoms with Crippen LogP contribution in [0.1, 0.15) is 50.5 Å². The van der Waals surface area contributed by atoms with Gasteiger partial charge in [-0.3, -0.25) is 9.69 Å². The Hall–Kier alpha value is -2.13. The summed E-state index contributed by atoms with van der Waals surface area (Å²) < 4.78 is 26.0. The lowest BCUT2D eigenvalue weighted by Crippen LogP contribution is -2.56. The van der Waals surface area contributed by atoms with Crippen LogP contribution in [0.25, 0.3) is 10.8 Å². The maximum atomic E-state index is 15.1. The lowest BCUT2D eigenvalue weighted by atomic mass is 9.85. The molecule has 1 aromatic heterocycles. The van der Waals surface area contributed by atoms with E-state index in [-0.39, 0.29) is 34.5 Å². The van der Waals surface area contributed by atoms with E-state index in [1.165, 1.54) is 0 Å². The Kier molecular flexibility index (Phi) is 5.83. The predicted octanol–water partition coefficient (Wildman–Crippen LogP) is 3.46. The number of hydrogen-bond acceptors (Lipinski definition) is 6. The van der Waals surface area contributed by atoms with E-state index >= 15 is 4.39 Å². The van der Waals surface area contributed by atoms with E-state index in [0.717, 1.165) is 74.7 Å². The topological polar surface area (TPSA) is 83.9 Å². The Morgan fingerprint density at radius 1 is 1.17 bits per heavy atom. The third-order valence-electron chi connectivity index (χ3n) is 9.13. The molecule has 1 aliphatic carbocycles. The van der Waals surface area contributed by atoms with E-state index in [9.17, 15) is 9.90 Å². The second-order valence-electron chi connectivity index (χ2n) is 11.2. The summed E-state index contributed by atoms with van der Waals surface area (Å²) in [6.07, 6.45) is 5.62. The molecule has 7 nitrogen and oxygen atoms in total. The fraction of sp³-hybridized carbons (Fsp3) is 0.630. The average molecular weight is 484 g/mol. The minimum Gasteiger partial charge on any atom is -0.389 e. The molecule has 4 aliphatic rings. The van der Waals surface area contributed by atoms with Gasteiger partial charge < -0.3 is 19.9 Å². The van der Waals surface area contributed by atoms with Gasteiger partial charge in [-0.05, 0) is 92.6 Å². The van der Waals surface area contributed by atoms with Crippen molar-refractivity contribution in [1.29, 1.82) is 0 Å². The lowest BCUT2D eigenvalue weighted by Gasteiger charge is -2.43. The number of aliphatic hydroxyl groups is 1. The number of aliphatic hydroxyl groups excluding tert-OH is 1. The molecule has 2 aromatic rings. The highest BCUT2D eigenvalue weighted by Gasteiger charge is 2.58. The first kappa shape index (κ1) is 23.3. The molecule has 6 rings (SSSR count). The molecule has 1 amide bonds. The minimum atomic E-state index is -0.491. The highest BCUT2D eigenvalue weighted by Crippen LogP contribution is 2.59. The molecule has 1 spiro atoms. The predicted molar refractivity (Wildman–Crippen MR) is 130 cm³/mol. The maximum Gasteiger partial charge on any atom is 0.229 e. The first-order chi connectivity index (χ1) is 16.9. The average Bonchev–Trinajstić information content (AvgIpc) is 3.44. The Labute approximate surface area is 205 Å². The van der Waals surface area contributed by atoms with Gasteiger partial charge in [0.05, 0.1) is 24.9 Å². The van der Waals surface area contributed by atoms with Crippen molar-refractivity contribution in [2.24, 2.45) is 11.3 Å². The van der Waals surface area contributed by atoms with Gasteiger partial charge in [0.15, 0.2) is 0 Å². The normalized spacial score (nSPS) is 31.2.